The maximum atomic E-state index is 11.8. The molecule has 4 atom stereocenters. The van der Waals surface area contributed by atoms with Gasteiger partial charge in [0.25, 0.3) is 0 Å². The number of hydrogen-bond donors (Lipinski definition) is 0. The molecule has 0 saturated carbocycles. The fourth-order valence-electron chi connectivity index (χ4n) is 5.99. The predicted octanol–water partition coefficient (Wildman–Crippen LogP) is 4.34. The second-order valence-corrected chi connectivity index (χ2v) is 9.21. The van der Waals surface area contributed by atoms with E-state index in [1.54, 1.807) is 20.2 Å². The van der Waals surface area contributed by atoms with Crippen LogP contribution >= 0.6 is 0 Å². The normalized spacial score (nSPS) is 28.7. The van der Waals surface area contributed by atoms with Crippen molar-refractivity contribution < 1.29 is 9.53 Å². The lowest BCUT2D eigenvalue weighted by Gasteiger charge is -2.55. The molecule has 5 nitrogen and oxygen atoms in total. The molecule has 0 amide bonds. The zero-order valence-corrected chi connectivity index (χ0v) is 18.0. The van der Waals surface area contributed by atoms with E-state index in [0.717, 1.165) is 36.8 Å². The predicted molar refractivity (Wildman–Crippen MR) is 118 cm³/mol. The van der Waals surface area contributed by atoms with Crippen molar-refractivity contribution in [3.63, 3.8) is 0 Å². The Balaban J connectivity index is 1.36. The number of Topliss-reactive ketones (excluding diaryl/α,β-unsaturated/α-hetero) is 1. The fraction of sp³-hybridized carbons (Fsp3) is 0.520. The number of methoxy groups -OCH3 is 1. The summed E-state index contributed by atoms with van der Waals surface area (Å²) in [6, 6.07) is 13.6. The number of benzene rings is 1. The minimum atomic E-state index is 0.108. The summed E-state index contributed by atoms with van der Waals surface area (Å²) in [7, 11) is 1.73. The molecule has 0 spiro atoms. The Morgan fingerprint density at radius 1 is 1.10 bits per heavy atom. The van der Waals surface area contributed by atoms with Gasteiger partial charge in [-0.25, -0.2) is 4.98 Å². The molecule has 0 N–H and O–H groups in total. The Labute approximate surface area is 179 Å². The third-order valence-electron chi connectivity index (χ3n) is 7.36. The molecule has 0 unspecified atom stereocenters. The number of nitrogens with zero attached hydrogens (tertiary/aromatic N) is 3. The molecule has 1 aromatic carbocycles. The Bertz CT molecular complexity index is 913. The Morgan fingerprint density at radius 3 is 2.70 bits per heavy atom. The summed E-state index contributed by atoms with van der Waals surface area (Å²) >= 11 is 0. The first-order valence-electron chi connectivity index (χ1n) is 11.2. The minimum absolute atomic E-state index is 0.108. The summed E-state index contributed by atoms with van der Waals surface area (Å²) in [6.07, 6.45) is 6.92. The van der Waals surface area contributed by atoms with Gasteiger partial charge in [-0.3, -0.25) is 9.69 Å². The van der Waals surface area contributed by atoms with Crippen LogP contribution in [0.3, 0.4) is 0 Å². The summed E-state index contributed by atoms with van der Waals surface area (Å²) in [5, 5.41) is 0. The summed E-state index contributed by atoms with van der Waals surface area (Å²) in [4.78, 5) is 21.7. The number of hydrogen-bond acceptors (Lipinski definition) is 5. The van der Waals surface area contributed by atoms with Gasteiger partial charge in [0.2, 0.25) is 0 Å². The highest BCUT2D eigenvalue weighted by atomic mass is 16.5. The van der Waals surface area contributed by atoms with Crippen molar-refractivity contribution in [3.05, 3.63) is 53.7 Å². The molecule has 5 heteroatoms. The molecule has 1 aromatic heterocycles. The topological polar surface area (TPSA) is 45.7 Å². The van der Waals surface area contributed by atoms with E-state index in [0.29, 0.717) is 23.9 Å². The summed E-state index contributed by atoms with van der Waals surface area (Å²) in [5.41, 5.74) is 2.18. The van der Waals surface area contributed by atoms with E-state index in [1.165, 1.54) is 31.2 Å². The fourth-order valence-corrected chi connectivity index (χ4v) is 5.99. The molecule has 2 aromatic rings. The number of carbonyl (C=O) groups excluding carboxylic acids is 1. The van der Waals surface area contributed by atoms with Gasteiger partial charge in [-0.05, 0) is 74.3 Å². The number of pyridine rings is 1. The van der Waals surface area contributed by atoms with Crippen LogP contribution in [-0.4, -0.2) is 48.5 Å². The number of piperidine rings is 3. The van der Waals surface area contributed by atoms with E-state index in [2.05, 4.69) is 39.0 Å². The minimum Gasteiger partial charge on any atom is -0.497 e. The van der Waals surface area contributed by atoms with Crippen molar-refractivity contribution in [2.24, 2.45) is 11.8 Å². The highest BCUT2D eigenvalue weighted by Crippen LogP contribution is 2.45. The molecule has 0 radical (unpaired) electrons. The van der Waals surface area contributed by atoms with E-state index in [1.807, 2.05) is 12.1 Å². The second-order valence-electron chi connectivity index (χ2n) is 9.21. The van der Waals surface area contributed by atoms with E-state index in [9.17, 15) is 4.79 Å². The Hall–Kier alpha value is -2.40. The summed E-state index contributed by atoms with van der Waals surface area (Å²) in [5.74, 6) is 3.32. The Morgan fingerprint density at radius 2 is 1.93 bits per heavy atom. The van der Waals surface area contributed by atoms with Crippen LogP contribution < -0.4 is 9.64 Å². The van der Waals surface area contributed by atoms with E-state index in [4.69, 9.17) is 4.74 Å². The van der Waals surface area contributed by atoms with Crippen molar-refractivity contribution in [3.8, 4) is 5.75 Å². The van der Waals surface area contributed by atoms with Gasteiger partial charge in [0.1, 0.15) is 11.6 Å². The molecular weight excluding hydrogens is 374 g/mol. The van der Waals surface area contributed by atoms with Gasteiger partial charge >= 0.3 is 0 Å². The highest BCUT2D eigenvalue weighted by molar-refractivity contribution is 5.94. The SMILES string of the molecule is COc1ccc([C@H]2CCC[C@H]3[C@@H]4C[C@@H](CN(c5cc(C(C)=O)ccn5)C4)CN23)cc1. The zero-order valence-electron chi connectivity index (χ0n) is 18.0. The van der Waals surface area contributed by atoms with Crippen LogP contribution in [0.1, 0.15) is 54.6 Å². The maximum Gasteiger partial charge on any atom is 0.159 e. The van der Waals surface area contributed by atoms with Gasteiger partial charge in [-0.1, -0.05) is 12.1 Å². The van der Waals surface area contributed by atoms with Gasteiger partial charge < -0.3 is 9.64 Å². The molecule has 5 rings (SSSR count). The van der Waals surface area contributed by atoms with Crippen molar-refractivity contribution in [1.82, 2.24) is 9.88 Å². The molecule has 158 valence electrons. The quantitative estimate of drug-likeness (QED) is 0.708. The van der Waals surface area contributed by atoms with Crippen LogP contribution in [0.2, 0.25) is 0 Å². The molecule has 4 heterocycles. The molecule has 2 bridgehead atoms. The van der Waals surface area contributed by atoms with Gasteiger partial charge in [0, 0.05) is 43.5 Å². The van der Waals surface area contributed by atoms with Gasteiger partial charge in [0.15, 0.2) is 5.78 Å². The molecular formula is C25H31N3O2. The smallest absolute Gasteiger partial charge is 0.159 e. The van der Waals surface area contributed by atoms with E-state index >= 15 is 0 Å². The average molecular weight is 406 g/mol. The number of ketones is 1. The van der Waals surface area contributed by atoms with Crippen LogP contribution in [0.15, 0.2) is 42.6 Å². The average Bonchev–Trinajstić information content (AvgIpc) is 2.79. The van der Waals surface area contributed by atoms with Gasteiger partial charge in [-0.15, -0.1) is 0 Å². The Kier molecular flexibility index (Phi) is 5.23. The first kappa shape index (κ1) is 19.6. The van der Waals surface area contributed by atoms with Crippen LogP contribution in [0.5, 0.6) is 5.75 Å². The van der Waals surface area contributed by atoms with Crippen molar-refractivity contribution in [2.75, 3.05) is 31.6 Å². The lowest BCUT2D eigenvalue weighted by Crippen LogP contribution is -2.59. The molecule has 30 heavy (non-hydrogen) atoms. The molecule has 0 aliphatic carbocycles. The maximum absolute atomic E-state index is 11.8. The van der Waals surface area contributed by atoms with Gasteiger partial charge in [0.05, 0.1) is 7.11 Å². The zero-order chi connectivity index (χ0) is 20.7. The number of fused-ring (bicyclic) bond motifs is 4. The third-order valence-corrected chi connectivity index (χ3v) is 7.36. The van der Waals surface area contributed by atoms with Crippen LogP contribution in [-0.2, 0) is 0 Å². The number of rotatable bonds is 4. The molecule has 3 fully saturated rings. The number of ether oxygens (including phenoxy) is 1. The van der Waals surface area contributed by atoms with Crippen molar-refractivity contribution in [1.29, 1.82) is 0 Å². The molecule has 3 aliphatic rings. The molecule has 3 aliphatic heterocycles. The highest BCUT2D eigenvalue weighted by Gasteiger charge is 2.45. The second kappa shape index (κ2) is 8.03. The third kappa shape index (κ3) is 3.60. The largest absolute Gasteiger partial charge is 0.497 e. The summed E-state index contributed by atoms with van der Waals surface area (Å²) < 4.78 is 5.35. The lowest BCUT2D eigenvalue weighted by atomic mass is 9.74. The van der Waals surface area contributed by atoms with Crippen LogP contribution in [0.4, 0.5) is 5.82 Å². The van der Waals surface area contributed by atoms with Crippen molar-refractivity contribution >= 4 is 11.6 Å². The van der Waals surface area contributed by atoms with Crippen LogP contribution in [0, 0.1) is 11.8 Å². The van der Waals surface area contributed by atoms with Crippen LogP contribution in [0.25, 0.3) is 0 Å². The summed E-state index contributed by atoms with van der Waals surface area (Å²) in [6.45, 7) is 4.86. The standard InChI is InChI=1S/C25H31N3O2/c1-17(29)20-10-11-26-25(13-20)27-14-18-12-21(16-27)24-5-3-4-23(28(24)15-18)19-6-8-22(30-2)9-7-19/h6-11,13,18,21,23-24H,3-5,12,14-16H2,1-2H3/t18-,21+,23+,24-/m0/s1. The van der Waals surface area contributed by atoms with E-state index < -0.39 is 0 Å². The van der Waals surface area contributed by atoms with E-state index in [-0.39, 0.29) is 5.78 Å². The van der Waals surface area contributed by atoms with Crippen molar-refractivity contribution in [2.45, 2.75) is 44.7 Å². The lowest BCUT2D eigenvalue weighted by molar-refractivity contribution is -0.0201. The first-order chi connectivity index (χ1) is 14.6. The van der Waals surface area contributed by atoms with Gasteiger partial charge in [-0.2, -0.15) is 0 Å². The monoisotopic (exact) mass is 405 g/mol. The first-order valence-corrected chi connectivity index (χ1v) is 11.2. The number of carbonyl (C=O) groups is 1. The molecule has 3 saturated heterocycles. The number of anilines is 1. The number of aromatic nitrogens is 1.